The van der Waals surface area contributed by atoms with Crippen molar-refractivity contribution in [2.45, 2.75) is 38.0 Å². The van der Waals surface area contributed by atoms with Crippen LogP contribution in [0.2, 0.25) is 0 Å². The first kappa shape index (κ1) is 33.7. The van der Waals surface area contributed by atoms with Crippen molar-refractivity contribution in [3.63, 3.8) is 0 Å². The number of nitrogens with zero attached hydrogens (tertiary/aromatic N) is 2. The van der Waals surface area contributed by atoms with Crippen LogP contribution in [0.4, 0.5) is 17.1 Å². The summed E-state index contributed by atoms with van der Waals surface area (Å²) in [6, 6.07) is 69.6. The average Bonchev–Trinajstić information content (AvgIpc) is 3.61. The molecule has 2 nitrogen and oxygen atoms in total. The van der Waals surface area contributed by atoms with Gasteiger partial charge in [0.2, 0.25) is 0 Å². The molecule has 0 saturated heterocycles. The van der Waals surface area contributed by atoms with Crippen LogP contribution in [0.25, 0.3) is 60.5 Å². The molecule has 58 heavy (non-hydrogen) atoms. The summed E-state index contributed by atoms with van der Waals surface area (Å²) in [5.74, 6) is 3.77. The van der Waals surface area contributed by atoms with Crippen molar-refractivity contribution in [3.8, 4) is 27.9 Å². The summed E-state index contributed by atoms with van der Waals surface area (Å²) in [6.07, 6.45) is 5.73. The van der Waals surface area contributed by atoms with Crippen molar-refractivity contribution in [1.82, 2.24) is 4.57 Å². The lowest BCUT2D eigenvalue weighted by atomic mass is 9.34. The Morgan fingerprint density at radius 2 is 1.12 bits per heavy atom. The molecule has 2 unspecified atom stereocenters. The molecule has 8 aromatic carbocycles. The lowest BCUT2D eigenvalue weighted by Gasteiger charge is -2.70. The average molecular weight is 747 g/mol. The second-order valence-corrected chi connectivity index (χ2v) is 17.6. The molecule has 0 radical (unpaired) electrons. The van der Waals surface area contributed by atoms with Gasteiger partial charge in [-0.2, -0.15) is 0 Å². The molecule has 1 heterocycles. The molecule has 9 aromatic rings. The van der Waals surface area contributed by atoms with Crippen molar-refractivity contribution < 1.29 is 0 Å². The molecule has 0 aliphatic heterocycles. The second kappa shape index (κ2) is 13.1. The van der Waals surface area contributed by atoms with E-state index < -0.39 is 0 Å². The van der Waals surface area contributed by atoms with E-state index in [9.17, 15) is 0 Å². The highest BCUT2D eigenvalue weighted by atomic mass is 15.1. The summed E-state index contributed by atoms with van der Waals surface area (Å²) in [5, 5.41) is 5.15. The van der Waals surface area contributed by atoms with Crippen molar-refractivity contribution in [3.05, 3.63) is 194 Å². The molecule has 0 spiro atoms. The third-order valence-corrected chi connectivity index (χ3v) is 14.4. The largest absolute Gasteiger partial charge is 0.311 e. The third kappa shape index (κ3) is 5.17. The van der Waals surface area contributed by atoms with E-state index in [1.165, 1.54) is 80.5 Å². The Hall–Kier alpha value is -6.38. The van der Waals surface area contributed by atoms with E-state index in [1.807, 2.05) is 0 Å². The molecule has 12 rings (SSSR count). The van der Waals surface area contributed by atoms with E-state index in [-0.39, 0.29) is 0 Å². The summed E-state index contributed by atoms with van der Waals surface area (Å²) in [6.45, 7) is 2.49. The van der Waals surface area contributed by atoms with Crippen LogP contribution in [0.5, 0.6) is 0 Å². The van der Waals surface area contributed by atoms with Gasteiger partial charge < -0.3 is 9.47 Å². The molecule has 280 valence electrons. The number of hydrogen-bond acceptors (Lipinski definition) is 1. The minimum atomic E-state index is 0.449. The van der Waals surface area contributed by atoms with E-state index in [4.69, 9.17) is 0 Å². The van der Waals surface area contributed by atoms with Gasteiger partial charge in [0.05, 0.1) is 11.0 Å². The maximum absolute atomic E-state index is 2.49. The van der Waals surface area contributed by atoms with Gasteiger partial charge in [-0.05, 0) is 154 Å². The van der Waals surface area contributed by atoms with Crippen molar-refractivity contribution in [2.75, 3.05) is 4.90 Å². The van der Waals surface area contributed by atoms with E-state index in [2.05, 4.69) is 204 Å². The SMILES string of the molecule is C[C@H]1C[C@H]2C[C@H]3CC(c4ccc(-c5ccc(N(c6ccccc6)c6ccc(-c7cccc(-n8c9ccccc9c9c%10ccccc%10ccc98)c7)cc6)cc5)cc4)(C1)C23. The Labute approximate surface area is 341 Å². The van der Waals surface area contributed by atoms with Gasteiger partial charge >= 0.3 is 0 Å². The van der Waals surface area contributed by atoms with Gasteiger partial charge in [0, 0.05) is 33.5 Å². The Morgan fingerprint density at radius 1 is 0.483 bits per heavy atom. The summed E-state index contributed by atoms with van der Waals surface area (Å²) >= 11 is 0. The van der Waals surface area contributed by atoms with Gasteiger partial charge in [-0.1, -0.05) is 134 Å². The summed E-state index contributed by atoms with van der Waals surface area (Å²) < 4.78 is 2.42. The highest BCUT2D eigenvalue weighted by molar-refractivity contribution is 6.21. The zero-order valence-electron chi connectivity index (χ0n) is 32.9. The van der Waals surface area contributed by atoms with Crippen LogP contribution >= 0.6 is 0 Å². The number of benzene rings is 8. The molecule has 3 aliphatic rings. The maximum atomic E-state index is 2.49. The maximum Gasteiger partial charge on any atom is 0.0547 e. The smallest absolute Gasteiger partial charge is 0.0547 e. The van der Waals surface area contributed by atoms with Crippen LogP contribution in [0.15, 0.2) is 188 Å². The Morgan fingerprint density at radius 3 is 1.86 bits per heavy atom. The van der Waals surface area contributed by atoms with Gasteiger partial charge in [0.1, 0.15) is 0 Å². The predicted octanol–water partition coefficient (Wildman–Crippen LogP) is 15.1. The number of anilines is 3. The van der Waals surface area contributed by atoms with E-state index >= 15 is 0 Å². The number of fused-ring (bicyclic) bond motifs is 5. The van der Waals surface area contributed by atoms with Crippen LogP contribution in [0.3, 0.4) is 0 Å². The topological polar surface area (TPSA) is 8.17 Å². The highest BCUT2D eigenvalue weighted by Gasteiger charge is 2.65. The summed E-state index contributed by atoms with van der Waals surface area (Å²) in [4.78, 5) is 2.36. The molecule has 2 heteroatoms. The lowest BCUT2D eigenvalue weighted by molar-refractivity contribution is -0.159. The number of rotatable bonds is 7. The van der Waals surface area contributed by atoms with Gasteiger partial charge in [-0.25, -0.2) is 0 Å². The Kier molecular flexibility index (Phi) is 7.61. The van der Waals surface area contributed by atoms with Gasteiger partial charge in [-0.15, -0.1) is 0 Å². The van der Waals surface area contributed by atoms with Gasteiger partial charge in [-0.3, -0.25) is 0 Å². The first-order valence-corrected chi connectivity index (χ1v) is 21.3. The van der Waals surface area contributed by atoms with Crippen molar-refractivity contribution >= 4 is 49.6 Å². The molecule has 3 fully saturated rings. The summed E-state index contributed by atoms with van der Waals surface area (Å²) in [7, 11) is 0. The first-order chi connectivity index (χ1) is 28.6. The fraction of sp³-hybridized carbons (Fsp3) is 0.179. The van der Waals surface area contributed by atoms with Gasteiger partial charge in [0.25, 0.3) is 0 Å². The Balaban J connectivity index is 0.853. The molecule has 5 atom stereocenters. The number of aromatic nitrogens is 1. The van der Waals surface area contributed by atoms with Crippen LogP contribution in [-0.2, 0) is 5.41 Å². The fourth-order valence-corrected chi connectivity index (χ4v) is 12.0. The standard InChI is InChI=1S/C56H46N2/c1-37-32-43-33-44-36-56(35-37,55(43)44)45-25-18-38(19-26-45)39-20-27-47(28-21-39)57(46-12-3-2-4-13-46)48-29-22-40(23-30-48)42-11-9-14-49(34-42)58-52-17-8-7-16-51(52)54-50-15-6-5-10-41(50)24-31-53(54)58/h2-31,34,37,43-44,55H,32-33,35-36H2,1H3/t37-,43-,44-,55?,56?/m0/s1. The molecule has 1 aromatic heterocycles. The highest BCUT2D eigenvalue weighted by Crippen LogP contribution is 2.71. The van der Waals surface area contributed by atoms with Crippen LogP contribution in [0, 0.1) is 23.7 Å². The zero-order chi connectivity index (χ0) is 38.4. The third-order valence-electron chi connectivity index (χ3n) is 14.4. The van der Waals surface area contributed by atoms with Crippen molar-refractivity contribution in [2.24, 2.45) is 23.7 Å². The van der Waals surface area contributed by atoms with E-state index in [0.717, 1.165) is 46.4 Å². The summed E-state index contributed by atoms with van der Waals surface area (Å²) in [5.41, 5.74) is 14.0. The Bertz CT molecular complexity index is 2980. The molecular weight excluding hydrogens is 701 g/mol. The fourth-order valence-electron chi connectivity index (χ4n) is 12.0. The monoisotopic (exact) mass is 746 g/mol. The molecular formula is C56H46N2. The molecule has 3 saturated carbocycles. The van der Waals surface area contributed by atoms with Crippen LogP contribution in [0.1, 0.15) is 38.2 Å². The quantitative estimate of drug-likeness (QED) is 0.158. The minimum Gasteiger partial charge on any atom is -0.311 e. The van der Waals surface area contributed by atoms with Crippen LogP contribution < -0.4 is 4.90 Å². The lowest BCUT2D eigenvalue weighted by Crippen LogP contribution is -2.65. The normalized spacial score (nSPS) is 22.0. The van der Waals surface area contributed by atoms with E-state index in [0.29, 0.717) is 5.41 Å². The minimum absolute atomic E-state index is 0.449. The molecule has 0 bridgehead atoms. The number of hydrogen-bond donors (Lipinski definition) is 0. The molecule has 0 amide bonds. The predicted molar refractivity (Wildman–Crippen MR) is 244 cm³/mol. The second-order valence-electron chi connectivity index (χ2n) is 17.6. The van der Waals surface area contributed by atoms with Crippen LogP contribution in [-0.4, -0.2) is 4.57 Å². The first-order valence-electron chi connectivity index (χ1n) is 21.3. The molecule has 3 aliphatic carbocycles. The number of para-hydroxylation sites is 2. The van der Waals surface area contributed by atoms with E-state index in [1.54, 1.807) is 5.56 Å². The van der Waals surface area contributed by atoms with Crippen molar-refractivity contribution in [1.29, 1.82) is 0 Å². The van der Waals surface area contributed by atoms with Gasteiger partial charge in [0.15, 0.2) is 0 Å². The zero-order valence-corrected chi connectivity index (χ0v) is 32.9. The molecule has 0 N–H and O–H groups in total.